The molecule has 0 aromatic carbocycles. The van der Waals surface area contributed by atoms with Gasteiger partial charge in [0, 0.05) is 19.8 Å². The molecule has 7 nitrogen and oxygen atoms in total. The van der Waals surface area contributed by atoms with E-state index in [0.717, 1.165) is 25.5 Å². The molecular formula is C15H30O7S. The summed E-state index contributed by atoms with van der Waals surface area (Å²) in [5.41, 5.74) is 0. The van der Waals surface area contributed by atoms with Crippen LogP contribution in [0.4, 0.5) is 0 Å². The molecule has 3 atom stereocenters. The lowest BCUT2D eigenvalue weighted by Crippen LogP contribution is -2.47. The molecule has 23 heavy (non-hydrogen) atoms. The van der Waals surface area contributed by atoms with Gasteiger partial charge in [-0.3, -0.25) is 4.18 Å². The summed E-state index contributed by atoms with van der Waals surface area (Å²) < 4.78 is 44.7. The number of rotatable bonds is 15. The van der Waals surface area contributed by atoms with E-state index in [2.05, 4.69) is 0 Å². The number of aldehydes is 1. The van der Waals surface area contributed by atoms with Gasteiger partial charge in [-0.05, 0) is 19.3 Å². The van der Waals surface area contributed by atoms with Crippen molar-refractivity contribution in [3.63, 3.8) is 0 Å². The predicted molar refractivity (Wildman–Crippen MR) is 87.0 cm³/mol. The van der Waals surface area contributed by atoms with Crippen molar-refractivity contribution in [1.29, 1.82) is 0 Å². The molecule has 0 aromatic rings. The Morgan fingerprint density at radius 2 is 1.52 bits per heavy atom. The van der Waals surface area contributed by atoms with Crippen LogP contribution in [-0.4, -0.2) is 65.7 Å². The maximum Gasteiger partial charge on any atom is 0.264 e. The molecule has 8 heteroatoms. The third-order valence-electron chi connectivity index (χ3n) is 2.78. The Bertz CT molecular complexity index is 397. The van der Waals surface area contributed by atoms with Crippen LogP contribution in [0.3, 0.4) is 0 Å². The largest absolute Gasteiger partial charge is 0.379 e. The van der Waals surface area contributed by atoms with Crippen molar-refractivity contribution in [2.45, 2.75) is 58.3 Å². The van der Waals surface area contributed by atoms with Gasteiger partial charge in [-0.2, -0.15) is 8.42 Å². The molecule has 0 aliphatic heterocycles. The van der Waals surface area contributed by atoms with Crippen LogP contribution in [0.15, 0.2) is 0 Å². The van der Waals surface area contributed by atoms with Crippen LogP contribution in [-0.2, 0) is 33.3 Å². The second kappa shape index (κ2) is 12.8. The second-order valence-corrected chi connectivity index (χ2v) is 6.82. The van der Waals surface area contributed by atoms with Crippen molar-refractivity contribution < 1.29 is 31.6 Å². The van der Waals surface area contributed by atoms with Crippen LogP contribution in [0.25, 0.3) is 0 Å². The summed E-state index contributed by atoms with van der Waals surface area (Å²) in [5.74, 6) is 0. The third kappa shape index (κ3) is 10.8. The highest BCUT2D eigenvalue weighted by molar-refractivity contribution is 7.86. The zero-order valence-corrected chi connectivity index (χ0v) is 15.3. The van der Waals surface area contributed by atoms with E-state index in [9.17, 15) is 13.2 Å². The first-order chi connectivity index (χ1) is 10.9. The van der Waals surface area contributed by atoms with Gasteiger partial charge in [0.1, 0.15) is 18.3 Å². The maximum atomic E-state index is 11.5. The molecule has 0 saturated carbocycles. The van der Waals surface area contributed by atoms with E-state index in [1.807, 2.05) is 20.8 Å². The topological polar surface area (TPSA) is 88.1 Å². The Kier molecular flexibility index (Phi) is 12.5. The number of hydrogen-bond donors (Lipinski definition) is 0. The van der Waals surface area contributed by atoms with Gasteiger partial charge < -0.3 is 19.0 Å². The van der Waals surface area contributed by atoms with Crippen LogP contribution in [0, 0.1) is 0 Å². The van der Waals surface area contributed by atoms with Gasteiger partial charge in [-0.25, -0.2) is 0 Å². The minimum atomic E-state index is -3.72. The fraction of sp³-hybridized carbons (Fsp3) is 0.933. The van der Waals surface area contributed by atoms with Gasteiger partial charge in [-0.15, -0.1) is 0 Å². The highest BCUT2D eigenvalue weighted by atomic mass is 32.2. The van der Waals surface area contributed by atoms with E-state index in [1.165, 1.54) is 0 Å². The first-order valence-electron chi connectivity index (χ1n) is 8.04. The van der Waals surface area contributed by atoms with Crippen LogP contribution in [0.1, 0.15) is 40.0 Å². The first kappa shape index (κ1) is 22.5. The van der Waals surface area contributed by atoms with Crippen LogP contribution in [0.2, 0.25) is 0 Å². The number of hydrogen-bond acceptors (Lipinski definition) is 7. The van der Waals surface area contributed by atoms with E-state index >= 15 is 0 Å². The number of ether oxygens (including phenoxy) is 3. The molecule has 0 spiro atoms. The van der Waals surface area contributed by atoms with E-state index in [4.69, 9.17) is 18.4 Å². The Balaban J connectivity index is 5.17. The van der Waals surface area contributed by atoms with E-state index in [0.29, 0.717) is 26.1 Å². The summed E-state index contributed by atoms with van der Waals surface area (Å²) in [4.78, 5) is 11.4. The van der Waals surface area contributed by atoms with Crippen LogP contribution in [0.5, 0.6) is 0 Å². The van der Waals surface area contributed by atoms with Gasteiger partial charge in [0.05, 0.1) is 12.9 Å². The van der Waals surface area contributed by atoms with Crippen molar-refractivity contribution in [2.75, 3.05) is 32.7 Å². The smallest absolute Gasteiger partial charge is 0.264 e. The van der Waals surface area contributed by atoms with Crippen molar-refractivity contribution in [1.82, 2.24) is 0 Å². The lowest BCUT2D eigenvalue weighted by Gasteiger charge is -2.30. The molecule has 0 saturated heterocycles. The van der Waals surface area contributed by atoms with E-state index in [-0.39, 0.29) is 6.61 Å². The van der Waals surface area contributed by atoms with Gasteiger partial charge in [-0.1, -0.05) is 20.8 Å². The number of carbonyl (C=O) groups excluding carboxylic acids is 1. The average molecular weight is 354 g/mol. The monoisotopic (exact) mass is 354 g/mol. The standard InChI is InChI=1S/C15H30O7S/c1-5-8-19-12-14(22-23(4,17)18)15(21-10-7-3)13(11-16)20-9-6-2/h11,13-15H,5-10,12H2,1-4H3/t13-,14+,15+/m0/s1. The number of carbonyl (C=O) groups is 1. The summed E-state index contributed by atoms with van der Waals surface area (Å²) in [6.45, 7) is 6.98. The summed E-state index contributed by atoms with van der Waals surface area (Å²) in [6, 6.07) is 0. The first-order valence-corrected chi connectivity index (χ1v) is 9.85. The van der Waals surface area contributed by atoms with Gasteiger partial charge >= 0.3 is 0 Å². The summed E-state index contributed by atoms with van der Waals surface area (Å²) in [5, 5.41) is 0. The fourth-order valence-corrected chi connectivity index (χ4v) is 2.49. The van der Waals surface area contributed by atoms with Crippen LogP contribution >= 0.6 is 0 Å². The highest BCUT2D eigenvalue weighted by Gasteiger charge is 2.34. The lowest BCUT2D eigenvalue weighted by atomic mass is 10.1. The van der Waals surface area contributed by atoms with E-state index in [1.54, 1.807) is 0 Å². The molecule has 0 amide bonds. The quantitative estimate of drug-likeness (QED) is 0.250. The Labute approximate surface area is 139 Å². The molecule has 0 aliphatic carbocycles. The average Bonchev–Trinajstić information content (AvgIpc) is 2.48. The normalized spacial score (nSPS) is 16.0. The molecular weight excluding hydrogens is 324 g/mol. The second-order valence-electron chi connectivity index (χ2n) is 5.22. The minimum absolute atomic E-state index is 0.00904. The Morgan fingerprint density at radius 1 is 0.957 bits per heavy atom. The van der Waals surface area contributed by atoms with Crippen molar-refractivity contribution in [2.24, 2.45) is 0 Å². The summed E-state index contributed by atoms with van der Waals surface area (Å²) in [6.07, 6.45) is 1.13. The molecule has 0 N–H and O–H groups in total. The van der Waals surface area contributed by atoms with Gasteiger partial charge in [0.2, 0.25) is 0 Å². The Morgan fingerprint density at radius 3 is 2.00 bits per heavy atom. The van der Waals surface area contributed by atoms with E-state index < -0.39 is 28.4 Å². The molecule has 0 fully saturated rings. The third-order valence-corrected chi connectivity index (χ3v) is 3.38. The Hall–Kier alpha value is -0.540. The molecule has 0 unspecified atom stereocenters. The molecule has 0 aromatic heterocycles. The van der Waals surface area contributed by atoms with Crippen LogP contribution < -0.4 is 0 Å². The molecule has 0 heterocycles. The molecule has 0 aliphatic rings. The highest BCUT2D eigenvalue weighted by Crippen LogP contribution is 2.15. The zero-order valence-electron chi connectivity index (χ0n) is 14.5. The van der Waals surface area contributed by atoms with Gasteiger partial charge in [0.25, 0.3) is 10.1 Å². The fourth-order valence-electron chi connectivity index (χ4n) is 1.88. The zero-order chi connectivity index (χ0) is 17.7. The maximum absolute atomic E-state index is 11.5. The van der Waals surface area contributed by atoms with Crippen molar-refractivity contribution in [3.8, 4) is 0 Å². The minimum Gasteiger partial charge on any atom is -0.379 e. The molecule has 0 rings (SSSR count). The van der Waals surface area contributed by atoms with Crippen molar-refractivity contribution in [3.05, 3.63) is 0 Å². The molecule has 0 bridgehead atoms. The van der Waals surface area contributed by atoms with Crippen molar-refractivity contribution >= 4 is 16.4 Å². The molecule has 0 radical (unpaired) electrons. The summed E-state index contributed by atoms with van der Waals surface area (Å²) >= 11 is 0. The lowest BCUT2D eigenvalue weighted by molar-refractivity contribution is -0.146. The SMILES string of the molecule is CCCOC[C@@H](OS(C)(=O)=O)[C@H](OCCC)[C@H](C=O)OCCC. The molecule has 138 valence electrons. The predicted octanol–water partition coefficient (Wildman–Crippen LogP) is 1.55. The van der Waals surface area contributed by atoms with Gasteiger partial charge in [0.15, 0.2) is 6.29 Å². The summed E-state index contributed by atoms with van der Waals surface area (Å²) in [7, 11) is -3.72.